The van der Waals surface area contributed by atoms with Crippen LogP contribution in [0.3, 0.4) is 0 Å². The van der Waals surface area contributed by atoms with E-state index in [-0.39, 0.29) is 22.6 Å². The summed E-state index contributed by atoms with van der Waals surface area (Å²) in [5.74, 6) is -2.15. The topological polar surface area (TPSA) is 92.8 Å². The Bertz CT molecular complexity index is 1530. The predicted molar refractivity (Wildman–Crippen MR) is 127 cm³/mol. The largest absolute Gasteiger partial charge is 0.491 e. The molecule has 2 aromatic carbocycles. The van der Waals surface area contributed by atoms with Gasteiger partial charge in [-0.3, -0.25) is 14.3 Å². The molecule has 0 aliphatic carbocycles. The number of hydrogen-bond acceptors (Lipinski definition) is 6. The SMILES string of the molecule is COc1c(F)cc(-n2c(C3CCNC3)nc3c(-c4ccc(C)nc4)cc(C#N)cc3c2=O)cc1F. The molecule has 2 aromatic heterocycles. The molecule has 1 unspecified atom stereocenters. The summed E-state index contributed by atoms with van der Waals surface area (Å²) < 4.78 is 35.3. The Hall–Kier alpha value is -4.16. The molecular weight excluding hydrogens is 452 g/mol. The summed E-state index contributed by atoms with van der Waals surface area (Å²) in [6.07, 6.45) is 2.38. The molecule has 9 heteroatoms. The van der Waals surface area contributed by atoms with Crippen LogP contribution in [0.25, 0.3) is 27.7 Å². The standard InChI is InChI=1S/C26H21F2N5O2/c1-14-3-4-16(13-31-14)19-7-15(11-29)8-20-23(19)32-25(17-5-6-30-12-17)33(26(20)34)18-9-21(27)24(35-2)22(28)10-18/h3-4,7-10,13,17,30H,5-6,12H2,1-2H3. The van der Waals surface area contributed by atoms with Gasteiger partial charge in [0, 0.05) is 47.6 Å². The number of aromatic nitrogens is 3. The van der Waals surface area contributed by atoms with Crippen LogP contribution in [-0.2, 0) is 0 Å². The minimum absolute atomic E-state index is 0.00279. The highest BCUT2D eigenvalue weighted by molar-refractivity contribution is 5.94. The highest BCUT2D eigenvalue weighted by atomic mass is 19.1. The molecule has 4 aromatic rings. The monoisotopic (exact) mass is 473 g/mol. The number of rotatable bonds is 4. The van der Waals surface area contributed by atoms with Gasteiger partial charge in [-0.2, -0.15) is 5.26 Å². The molecular formula is C26H21F2N5O2. The molecule has 0 spiro atoms. The van der Waals surface area contributed by atoms with Gasteiger partial charge in [0.15, 0.2) is 17.4 Å². The lowest BCUT2D eigenvalue weighted by atomic mass is 9.99. The van der Waals surface area contributed by atoms with Gasteiger partial charge in [-0.25, -0.2) is 13.8 Å². The van der Waals surface area contributed by atoms with Crippen LogP contribution in [0.1, 0.15) is 29.4 Å². The van der Waals surface area contributed by atoms with E-state index in [0.717, 1.165) is 24.4 Å². The van der Waals surface area contributed by atoms with Crippen molar-refractivity contribution in [3.05, 3.63) is 81.7 Å². The van der Waals surface area contributed by atoms with E-state index in [1.807, 2.05) is 19.1 Å². The third-order valence-corrected chi connectivity index (χ3v) is 6.22. The van der Waals surface area contributed by atoms with Gasteiger partial charge in [-0.1, -0.05) is 6.07 Å². The van der Waals surface area contributed by atoms with E-state index in [4.69, 9.17) is 9.72 Å². The number of nitrogens with one attached hydrogen (secondary N) is 1. The van der Waals surface area contributed by atoms with Crippen molar-refractivity contribution in [1.29, 1.82) is 5.26 Å². The van der Waals surface area contributed by atoms with Crippen molar-refractivity contribution in [2.45, 2.75) is 19.3 Å². The Labute approximate surface area is 199 Å². The summed E-state index contributed by atoms with van der Waals surface area (Å²) in [5, 5.41) is 13.1. The maximum atomic E-state index is 14.6. The van der Waals surface area contributed by atoms with Crippen molar-refractivity contribution in [2.75, 3.05) is 20.2 Å². The fraction of sp³-hybridized carbons (Fsp3) is 0.231. The van der Waals surface area contributed by atoms with Crippen molar-refractivity contribution in [2.24, 2.45) is 0 Å². The maximum absolute atomic E-state index is 14.6. The second-order valence-electron chi connectivity index (χ2n) is 8.46. The number of nitriles is 1. The van der Waals surface area contributed by atoms with Crippen LogP contribution >= 0.6 is 0 Å². The number of benzene rings is 2. The third-order valence-electron chi connectivity index (χ3n) is 6.22. The normalized spacial score (nSPS) is 15.3. The fourth-order valence-electron chi connectivity index (χ4n) is 4.49. The van der Waals surface area contributed by atoms with E-state index in [2.05, 4.69) is 16.4 Å². The summed E-state index contributed by atoms with van der Waals surface area (Å²) in [7, 11) is 1.17. The molecule has 0 radical (unpaired) electrons. The lowest BCUT2D eigenvalue weighted by Crippen LogP contribution is -2.27. The fourth-order valence-corrected chi connectivity index (χ4v) is 4.49. The van der Waals surface area contributed by atoms with Crippen molar-refractivity contribution in [1.82, 2.24) is 19.9 Å². The average Bonchev–Trinajstić information content (AvgIpc) is 3.39. The van der Waals surface area contributed by atoms with Gasteiger partial charge in [-0.05, 0) is 38.1 Å². The van der Waals surface area contributed by atoms with Crippen molar-refractivity contribution < 1.29 is 13.5 Å². The number of halogens is 2. The lowest BCUT2D eigenvalue weighted by Gasteiger charge is -2.19. The predicted octanol–water partition coefficient (Wildman–Crippen LogP) is 3.99. The molecule has 1 N–H and O–H groups in total. The molecule has 1 aliphatic rings. The Balaban J connectivity index is 1.87. The van der Waals surface area contributed by atoms with Crippen molar-refractivity contribution in [3.63, 3.8) is 0 Å². The molecule has 1 atom stereocenters. The van der Waals surface area contributed by atoms with Crippen LogP contribution in [-0.4, -0.2) is 34.7 Å². The van der Waals surface area contributed by atoms with Crippen LogP contribution in [0.4, 0.5) is 8.78 Å². The second kappa shape index (κ2) is 8.89. The lowest BCUT2D eigenvalue weighted by molar-refractivity contribution is 0.359. The van der Waals surface area contributed by atoms with E-state index in [9.17, 15) is 18.8 Å². The number of fused-ring (bicyclic) bond motifs is 1. The molecule has 35 heavy (non-hydrogen) atoms. The molecule has 5 rings (SSSR count). The molecule has 3 heterocycles. The zero-order valence-corrected chi connectivity index (χ0v) is 19.1. The van der Waals surface area contributed by atoms with Gasteiger partial charge < -0.3 is 10.1 Å². The third kappa shape index (κ3) is 3.92. The van der Waals surface area contributed by atoms with Gasteiger partial charge in [0.1, 0.15) is 5.82 Å². The zero-order valence-electron chi connectivity index (χ0n) is 19.1. The van der Waals surface area contributed by atoms with E-state index >= 15 is 0 Å². The van der Waals surface area contributed by atoms with Gasteiger partial charge in [0.25, 0.3) is 5.56 Å². The van der Waals surface area contributed by atoms with Crippen LogP contribution in [0, 0.1) is 29.9 Å². The Kier molecular flexibility index (Phi) is 5.75. The average molecular weight is 473 g/mol. The molecule has 1 fully saturated rings. The summed E-state index contributed by atoms with van der Waals surface area (Å²) in [4.78, 5) is 23.1. The van der Waals surface area contributed by atoms with Crippen LogP contribution < -0.4 is 15.6 Å². The smallest absolute Gasteiger partial charge is 0.266 e. The second-order valence-corrected chi connectivity index (χ2v) is 8.46. The minimum atomic E-state index is -0.929. The van der Waals surface area contributed by atoms with E-state index in [1.54, 1.807) is 12.3 Å². The molecule has 0 saturated carbocycles. The number of ether oxygens (including phenoxy) is 1. The first-order chi connectivity index (χ1) is 16.9. The quantitative estimate of drug-likeness (QED) is 0.482. The highest BCUT2D eigenvalue weighted by Crippen LogP contribution is 2.32. The van der Waals surface area contributed by atoms with Crippen LogP contribution in [0.2, 0.25) is 0 Å². The van der Waals surface area contributed by atoms with E-state index in [1.165, 1.54) is 17.7 Å². The van der Waals surface area contributed by atoms with Crippen molar-refractivity contribution >= 4 is 10.9 Å². The van der Waals surface area contributed by atoms with Gasteiger partial charge in [-0.15, -0.1) is 0 Å². The van der Waals surface area contributed by atoms with Gasteiger partial charge >= 0.3 is 0 Å². The first kappa shape index (κ1) is 22.6. The number of pyridine rings is 1. The number of aryl methyl sites for hydroxylation is 1. The molecule has 0 bridgehead atoms. The first-order valence-electron chi connectivity index (χ1n) is 11.1. The number of hydrogen-bond donors (Lipinski definition) is 1. The summed E-state index contributed by atoms with van der Waals surface area (Å²) >= 11 is 0. The summed E-state index contributed by atoms with van der Waals surface area (Å²) in [5.41, 5.74) is 2.29. The maximum Gasteiger partial charge on any atom is 0.266 e. The number of nitrogens with zero attached hydrogens (tertiary/aromatic N) is 4. The van der Waals surface area contributed by atoms with E-state index < -0.39 is 22.9 Å². The zero-order chi connectivity index (χ0) is 24.7. The Morgan fingerprint density at radius 2 is 1.97 bits per heavy atom. The van der Waals surface area contributed by atoms with Gasteiger partial charge in [0.05, 0.1) is 35.3 Å². The number of methoxy groups -OCH3 is 1. The van der Waals surface area contributed by atoms with Crippen molar-refractivity contribution in [3.8, 4) is 28.6 Å². The van der Waals surface area contributed by atoms with Crippen LogP contribution in [0.15, 0.2) is 47.4 Å². The highest BCUT2D eigenvalue weighted by Gasteiger charge is 2.26. The summed E-state index contributed by atoms with van der Waals surface area (Å²) in [6.45, 7) is 3.16. The van der Waals surface area contributed by atoms with E-state index in [0.29, 0.717) is 35.4 Å². The molecule has 0 amide bonds. The molecule has 1 aliphatic heterocycles. The first-order valence-corrected chi connectivity index (χ1v) is 11.1. The van der Waals surface area contributed by atoms with Crippen LogP contribution in [0.5, 0.6) is 5.75 Å². The molecule has 1 saturated heterocycles. The van der Waals surface area contributed by atoms with Gasteiger partial charge in [0.2, 0.25) is 0 Å². The Morgan fingerprint density at radius 3 is 2.57 bits per heavy atom. The Morgan fingerprint density at radius 1 is 1.20 bits per heavy atom. The molecule has 176 valence electrons. The summed E-state index contributed by atoms with van der Waals surface area (Å²) in [6, 6.07) is 11.0. The minimum Gasteiger partial charge on any atom is -0.491 e. The molecule has 7 nitrogen and oxygen atoms in total.